The molecule has 1 heterocycles. The smallest absolute Gasteiger partial charge is 0.408 e. The van der Waals surface area contributed by atoms with Crippen LogP contribution in [0.3, 0.4) is 0 Å². The quantitative estimate of drug-likeness (QED) is 0.201. The average molecular weight is 549 g/mol. The number of nitrogens with one attached hydrogen (secondary N) is 1. The van der Waals surface area contributed by atoms with Gasteiger partial charge in [0.05, 0.1) is 5.92 Å². The molecule has 0 fully saturated rings. The van der Waals surface area contributed by atoms with Crippen molar-refractivity contribution in [3.05, 3.63) is 114 Å². The van der Waals surface area contributed by atoms with Gasteiger partial charge in [0, 0.05) is 30.6 Å². The van der Waals surface area contributed by atoms with E-state index in [0.29, 0.717) is 11.3 Å². The van der Waals surface area contributed by atoms with Crippen molar-refractivity contribution in [3.8, 4) is 11.3 Å². The molecule has 0 aliphatic heterocycles. The van der Waals surface area contributed by atoms with Gasteiger partial charge in [0.25, 0.3) is 0 Å². The predicted octanol–water partition coefficient (Wildman–Crippen LogP) is 5.35. The number of hydrogen-bond acceptors (Lipinski definition) is 6. The number of hydrogen-bond donors (Lipinski definition) is 3. The Morgan fingerprint density at radius 3 is 2.10 bits per heavy atom. The van der Waals surface area contributed by atoms with Gasteiger partial charge in [-0.05, 0) is 11.1 Å². The monoisotopic (exact) mass is 548 g/mol. The standard InChI is InChI=1S/C29H29N2O7P/c32-28(33)24(17-25-18-26(31-38-25)23-14-8-3-9-15-23)20-39(35,36)27(16-21-10-4-1-5-11-21)30-29(34)37-19-22-12-6-2-7-13-22/h1-15,18,24,27H,16-17,19-20H2,(H,30,34)(H,32,33)(H,35,36)/t24?,27-/m0/s1. The van der Waals surface area contributed by atoms with Gasteiger partial charge in [0.1, 0.15) is 23.8 Å². The molecule has 0 radical (unpaired) electrons. The lowest BCUT2D eigenvalue weighted by Gasteiger charge is -2.26. The number of rotatable bonds is 12. The highest BCUT2D eigenvalue weighted by Gasteiger charge is 2.38. The Kier molecular flexibility index (Phi) is 9.31. The van der Waals surface area contributed by atoms with Crippen LogP contribution in [0.2, 0.25) is 0 Å². The topological polar surface area (TPSA) is 139 Å². The molecule has 3 atom stereocenters. The van der Waals surface area contributed by atoms with Crippen LogP contribution in [0.25, 0.3) is 11.3 Å². The van der Waals surface area contributed by atoms with Crippen molar-refractivity contribution >= 4 is 19.4 Å². The lowest BCUT2D eigenvalue weighted by atomic mass is 10.1. The van der Waals surface area contributed by atoms with Gasteiger partial charge in [0.15, 0.2) is 0 Å². The first-order chi connectivity index (χ1) is 18.8. The van der Waals surface area contributed by atoms with Gasteiger partial charge in [-0.3, -0.25) is 9.36 Å². The van der Waals surface area contributed by atoms with E-state index in [-0.39, 0.29) is 25.2 Å². The fourth-order valence-corrected chi connectivity index (χ4v) is 6.08. The number of carbonyl (C=O) groups is 2. The van der Waals surface area contributed by atoms with Gasteiger partial charge in [0.2, 0.25) is 7.37 Å². The summed E-state index contributed by atoms with van der Waals surface area (Å²) in [6.07, 6.45) is -1.58. The van der Waals surface area contributed by atoms with E-state index >= 15 is 0 Å². The van der Waals surface area contributed by atoms with Gasteiger partial charge in [-0.2, -0.15) is 0 Å². The fourth-order valence-electron chi connectivity index (χ4n) is 4.10. The molecule has 0 spiro atoms. The Bertz CT molecular complexity index is 1410. The van der Waals surface area contributed by atoms with Crippen LogP contribution < -0.4 is 5.32 Å². The number of aromatic nitrogens is 1. The number of carboxylic acids is 1. The van der Waals surface area contributed by atoms with Crippen LogP contribution in [-0.4, -0.2) is 39.2 Å². The van der Waals surface area contributed by atoms with Crippen LogP contribution in [0.4, 0.5) is 4.79 Å². The minimum absolute atomic E-state index is 0.0157. The van der Waals surface area contributed by atoms with E-state index in [1.807, 2.05) is 36.4 Å². The molecule has 4 rings (SSSR count). The minimum atomic E-state index is -4.27. The molecule has 10 heteroatoms. The number of nitrogens with zero attached hydrogens (tertiary/aromatic N) is 1. The molecule has 4 aromatic rings. The summed E-state index contributed by atoms with van der Waals surface area (Å²) >= 11 is 0. The molecule has 0 bridgehead atoms. The summed E-state index contributed by atoms with van der Waals surface area (Å²) in [5.41, 5.74) is 2.79. The predicted molar refractivity (Wildman–Crippen MR) is 145 cm³/mol. The van der Waals surface area contributed by atoms with E-state index < -0.39 is 37.3 Å². The maximum absolute atomic E-state index is 13.6. The third-order valence-electron chi connectivity index (χ3n) is 6.16. The van der Waals surface area contributed by atoms with Gasteiger partial charge in [-0.25, -0.2) is 4.79 Å². The van der Waals surface area contributed by atoms with E-state index in [9.17, 15) is 24.2 Å². The lowest BCUT2D eigenvalue weighted by Crippen LogP contribution is -2.38. The number of ether oxygens (including phenoxy) is 1. The average Bonchev–Trinajstić information content (AvgIpc) is 3.41. The zero-order valence-electron chi connectivity index (χ0n) is 21.1. The van der Waals surface area contributed by atoms with Gasteiger partial charge in [-0.1, -0.05) is 96.2 Å². The molecular formula is C29H29N2O7P. The number of alkyl carbamates (subject to hydrolysis) is 1. The summed E-state index contributed by atoms with van der Waals surface area (Å²) in [6, 6.07) is 28.8. The molecule has 1 amide bonds. The first-order valence-electron chi connectivity index (χ1n) is 12.4. The highest BCUT2D eigenvalue weighted by molar-refractivity contribution is 7.58. The van der Waals surface area contributed by atoms with Crippen LogP contribution >= 0.6 is 7.37 Å². The number of carboxylic acid groups (broad SMARTS) is 1. The van der Waals surface area contributed by atoms with E-state index in [1.165, 1.54) is 0 Å². The Hall–Kier alpha value is -4.20. The van der Waals surface area contributed by atoms with E-state index in [0.717, 1.165) is 11.1 Å². The molecule has 3 N–H and O–H groups in total. The second kappa shape index (κ2) is 13.0. The molecular weight excluding hydrogens is 519 g/mol. The Morgan fingerprint density at radius 2 is 1.49 bits per heavy atom. The van der Waals surface area contributed by atoms with Gasteiger partial charge >= 0.3 is 12.1 Å². The Labute approximate surface area is 225 Å². The molecule has 3 aromatic carbocycles. The van der Waals surface area contributed by atoms with Crippen LogP contribution in [-0.2, 0) is 33.5 Å². The molecule has 9 nitrogen and oxygen atoms in total. The molecule has 1 aromatic heterocycles. The number of benzene rings is 3. The van der Waals surface area contributed by atoms with Crippen molar-refractivity contribution in [1.29, 1.82) is 0 Å². The minimum Gasteiger partial charge on any atom is -0.481 e. The third kappa shape index (κ3) is 8.14. The number of aliphatic carboxylic acids is 1. The van der Waals surface area contributed by atoms with Crippen molar-refractivity contribution in [2.45, 2.75) is 25.2 Å². The van der Waals surface area contributed by atoms with Crippen molar-refractivity contribution in [2.75, 3.05) is 6.16 Å². The molecule has 2 unspecified atom stereocenters. The highest BCUT2D eigenvalue weighted by atomic mass is 31.2. The first-order valence-corrected chi connectivity index (χ1v) is 14.3. The molecule has 0 saturated heterocycles. The molecule has 0 aliphatic carbocycles. The summed E-state index contributed by atoms with van der Waals surface area (Å²) in [5.74, 6) is -3.50. The molecule has 202 valence electrons. The summed E-state index contributed by atoms with van der Waals surface area (Å²) in [7, 11) is -4.27. The van der Waals surface area contributed by atoms with Crippen LogP contribution in [0.5, 0.6) is 0 Å². The summed E-state index contributed by atoms with van der Waals surface area (Å²) in [6.45, 7) is -0.0204. The van der Waals surface area contributed by atoms with E-state index in [1.54, 1.807) is 60.7 Å². The first kappa shape index (κ1) is 27.8. The van der Waals surface area contributed by atoms with Crippen molar-refractivity contribution in [3.63, 3.8) is 0 Å². The normalized spacial score (nSPS) is 14.1. The van der Waals surface area contributed by atoms with Crippen LogP contribution in [0.15, 0.2) is 102 Å². The van der Waals surface area contributed by atoms with Gasteiger partial charge < -0.3 is 24.6 Å². The van der Waals surface area contributed by atoms with Crippen molar-refractivity contribution < 1.29 is 33.4 Å². The second-order valence-electron chi connectivity index (χ2n) is 9.13. The summed E-state index contributed by atoms with van der Waals surface area (Å²) in [5, 5.41) is 16.4. The fraction of sp³-hybridized carbons (Fsp3) is 0.207. The second-order valence-corrected chi connectivity index (χ2v) is 11.6. The summed E-state index contributed by atoms with van der Waals surface area (Å²) < 4.78 is 24.2. The van der Waals surface area contributed by atoms with Crippen molar-refractivity contribution in [1.82, 2.24) is 10.5 Å². The van der Waals surface area contributed by atoms with Crippen LogP contribution in [0.1, 0.15) is 16.9 Å². The van der Waals surface area contributed by atoms with E-state index in [2.05, 4.69) is 10.5 Å². The maximum Gasteiger partial charge on any atom is 0.408 e. The van der Waals surface area contributed by atoms with E-state index in [4.69, 9.17) is 9.26 Å². The maximum atomic E-state index is 13.6. The number of carbonyl (C=O) groups excluding carboxylic acids is 1. The third-order valence-corrected chi connectivity index (χ3v) is 8.41. The Morgan fingerprint density at radius 1 is 0.897 bits per heavy atom. The highest BCUT2D eigenvalue weighted by Crippen LogP contribution is 2.48. The van der Waals surface area contributed by atoms with Crippen LogP contribution in [0, 0.1) is 5.92 Å². The summed E-state index contributed by atoms with van der Waals surface area (Å²) in [4.78, 5) is 35.8. The Balaban J connectivity index is 1.48. The SMILES string of the molecule is O=C(N[C@H](Cc1ccccc1)P(=O)(O)CC(Cc1cc(-c2ccccc2)no1)C(=O)O)OCc1ccccc1. The molecule has 39 heavy (non-hydrogen) atoms. The van der Waals surface area contributed by atoms with Gasteiger partial charge in [-0.15, -0.1) is 0 Å². The number of amides is 1. The zero-order chi connectivity index (χ0) is 27.7. The lowest BCUT2D eigenvalue weighted by molar-refractivity contribution is -0.141. The largest absolute Gasteiger partial charge is 0.481 e. The molecule has 0 aliphatic rings. The molecule has 0 saturated carbocycles. The zero-order valence-corrected chi connectivity index (χ0v) is 21.9. The van der Waals surface area contributed by atoms with Crippen molar-refractivity contribution in [2.24, 2.45) is 5.92 Å².